The first kappa shape index (κ1) is 24.0. The second-order valence-corrected chi connectivity index (χ2v) is 10.8. The molecule has 2 saturated heterocycles. The van der Waals surface area contributed by atoms with Crippen LogP contribution in [0.1, 0.15) is 45.4 Å². The fourth-order valence-corrected chi connectivity index (χ4v) is 5.74. The number of benzene rings is 1. The molecule has 2 fully saturated rings. The first-order chi connectivity index (χ1) is 18.0. The van der Waals surface area contributed by atoms with Crippen LogP contribution in [-0.2, 0) is 11.2 Å². The Morgan fingerprint density at radius 2 is 1.73 bits per heavy atom. The van der Waals surface area contributed by atoms with Gasteiger partial charge in [-0.1, -0.05) is 12.1 Å². The molecule has 196 valence electrons. The molecule has 1 amide bonds. The molecule has 37 heavy (non-hydrogen) atoms. The summed E-state index contributed by atoms with van der Waals surface area (Å²) in [7, 11) is 4.29. The van der Waals surface area contributed by atoms with Crippen LogP contribution in [0.4, 0.5) is 11.5 Å². The van der Waals surface area contributed by atoms with Crippen LogP contribution in [0.5, 0.6) is 0 Å². The number of nitrogens with one attached hydrogen (secondary N) is 2. The molecule has 0 saturated carbocycles. The van der Waals surface area contributed by atoms with Gasteiger partial charge in [0.05, 0.1) is 23.1 Å². The Balaban J connectivity index is 0.00000176. The zero-order valence-electron chi connectivity index (χ0n) is 21.7. The molecule has 2 aliphatic heterocycles. The van der Waals surface area contributed by atoms with Crippen LogP contribution in [0, 0.1) is 5.92 Å². The van der Waals surface area contributed by atoms with Crippen molar-refractivity contribution in [2.45, 2.75) is 38.1 Å². The molecule has 8 nitrogen and oxygen atoms in total. The van der Waals surface area contributed by atoms with Crippen molar-refractivity contribution in [2.24, 2.45) is 5.92 Å². The fourth-order valence-electron chi connectivity index (χ4n) is 5.74. The molecule has 4 heterocycles. The predicted octanol–water partition coefficient (Wildman–Crippen LogP) is 4.29. The summed E-state index contributed by atoms with van der Waals surface area (Å²) in [6.07, 6.45) is 10.5. The first-order valence-electron chi connectivity index (χ1n) is 13.4. The third kappa shape index (κ3) is 5.08. The molecule has 3 aromatic rings. The number of nitrogens with zero attached hydrogens (tertiary/aromatic N) is 5. The molecule has 8 heteroatoms. The average molecular weight is 502 g/mol. The van der Waals surface area contributed by atoms with Crippen LogP contribution in [-0.4, -0.2) is 77.0 Å². The smallest absolute Gasteiger partial charge is 0.227 e. The predicted molar refractivity (Wildman–Crippen MR) is 152 cm³/mol. The Morgan fingerprint density at radius 3 is 2.51 bits per heavy atom. The molecule has 0 atom stereocenters. The summed E-state index contributed by atoms with van der Waals surface area (Å²) in [5.41, 5.74) is 6.10. The molecule has 0 radical (unpaired) electrons. The van der Waals surface area contributed by atoms with E-state index in [9.17, 15) is 4.79 Å². The van der Waals surface area contributed by atoms with Crippen LogP contribution in [0.2, 0.25) is 0 Å². The van der Waals surface area contributed by atoms with E-state index in [2.05, 4.69) is 74.8 Å². The van der Waals surface area contributed by atoms with E-state index >= 15 is 0 Å². The molecule has 2 N–H and O–H groups in total. The number of piperidine rings is 2. The van der Waals surface area contributed by atoms with Gasteiger partial charge < -0.3 is 20.4 Å². The highest BCUT2D eigenvalue weighted by Gasteiger charge is 2.25. The van der Waals surface area contributed by atoms with Gasteiger partial charge in [0.25, 0.3) is 0 Å². The number of pyridine rings is 1. The molecular weight excluding hydrogens is 462 g/mol. The highest BCUT2D eigenvalue weighted by Crippen LogP contribution is 2.35. The van der Waals surface area contributed by atoms with Crippen molar-refractivity contribution in [2.75, 3.05) is 50.9 Å². The minimum atomic E-state index is 0. The molecule has 0 unspecified atom stereocenters. The highest BCUT2D eigenvalue weighted by atomic mass is 16.1. The van der Waals surface area contributed by atoms with Crippen molar-refractivity contribution in [1.82, 2.24) is 24.8 Å². The number of hydrogen-bond donors (Lipinski definition) is 2. The zero-order valence-corrected chi connectivity index (χ0v) is 21.7. The maximum atomic E-state index is 12.9. The van der Waals surface area contributed by atoms with Gasteiger partial charge in [-0.2, -0.15) is 0 Å². The van der Waals surface area contributed by atoms with Crippen molar-refractivity contribution in [3.63, 3.8) is 0 Å². The summed E-state index contributed by atoms with van der Waals surface area (Å²) in [6, 6.07) is 8.89. The minimum absolute atomic E-state index is 0. The van der Waals surface area contributed by atoms with E-state index in [4.69, 9.17) is 4.98 Å². The van der Waals surface area contributed by atoms with Gasteiger partial charge in [-0.15, -0.1) is 0 Å². The van der Waals surface area contributed by atoms with Gasteiger partial charge in [0.15, 0.2) is 0 Å². The van der Waals surface area contributed by atoms with Crippen molar-refractivity contribution in [1.29, 1.82) is 0 Å². The number of allylic oxidation sites excluding steroid dienone is 1. The first-order valence-corrected chi connectivity index (χ1v) is 13.4. The second kappa shape index (κ2) is 10.2. The van der Waals surface area contributed by atoms with E-state index in [1.807, 2.05) is 0 Å². The van der Waals surface area contributed by atoms with Gasteiger partial charge in [0, 0.05) is 32.2 Å². The quantitative estimate of drug-likeness (QED) is 0.539. The third-order valence-electron chi connectivity index (χ3n) is 8.12. The van der Waals surface area contributed by atoms with Crippen LogP contribution in [0.25, 0.3) is 16.5 Å². The molecule has 6 rings (SSSR count). The van der Waals surface area contributed by atoms with Crippen molar-refractivity contribution in [3.8, 4) is 0 Å². The lowest BCUT2D eigenvalue weighted by molar-refractivity contribution is -0.121. The number of fused-ring (bicyclic) bond motifs is 2. The van der Waals surface area contributed by atoms with Crippen molar-refractivity contribution < 1.29 is 7.65 Å². The Hall–Kier alpha value is -3.36. The summed E-state index contributed by atoms with van der Waals surface area (Å²) in [5.74, 6) is 1.07. The maximum absolute atomic E-state index is 12.9. The van der Waals surface area contributed by atoms with E-state index in [1.165, 1.54) is 0 Å². The van der Waals surface area contributed by atoms with E-state index in [1.54, 1.807) is 12.5 Å². The Kier molecular flexibility index (Phi) is 6.61. The lowest BCUT2D eigenvalue weighted by Crippen LogP contribution is -2.36. The molecule has 0 bridgehead atoms. The van der Waals surface area contributed by atoms with E-state index in [0.29, 0.717) is 6.04 Å². The van der Waals surface area contributed by atoms with Gasteiger partial charge in [0.1, 0.15) is 12.1 Å². The summed E-state index contributed by atoms with van der Waals surface area (Å²) in [6.45, 7) is 4.12. The minimum Gasteiger partial charge on any atom is -0.367 e. The number of anilines is 2. The normalized spacial score (nSPS) is 19.6. The highest BCUT2D eigenvalue weighted by molar-refractivity contribution is 5.96. The molecule has 1 aliphatic carbocycles. The maximum Gasteiger partial charge on any atom is 0.227 e. The average Bonchev–Trinajstić information content (AvgIpc) is 3.33. The van der Waals surface area contributed by atoms with E-state index in [-0.39, 0.29) is 14.7 Å². The number of carbonyl (C=O) groups excluding carboxylic acids is 1. The Bertz CT molecular complexity index is 1350. The SMILES string of the molecule is CN1CCC(Nc2ncnc3ccc(C4=CCc5ncc(NC(=O)C6CCN(C)CC6)cc54)cc23)CC1.[HH].[HH]. The van der Waals surface area contributed by atoms with E-state index in [0.717, 1.165) is 103 Å². The molecular formula is C29H39N7O. The zero-order chi connectivity index (χ0) is 25.4. The Morgan fingerprint density at radius 1 is 0.973 bits per heavy atom. The van der Waals surface area contributed by atoms with Gasteiger partial charge in [-0.05, 0) is 95.3 Å². The van der Waals surface area contributed by atoms with Gasteiger partial charge in [-0.3, -0.25) is 9.78 Å². The van der Waals surface area contributed by atoms with Gasteiger partial charge in [-0.25, -0.2) is 9.97 Å². The van der Waals surface area contributed by atoms with Crippen LogP contribution < -0.4 is 10.6 Å². The standard InChI is InChI=1S/C29H35N7O.2H2/c1-35-11-7-19(8-12-35)29(37)34-22-16-24-23(4-6-26(24)30-17-22)20-3-5-27-25(15-20)28(32-18-31-27)33-21-9-13-36(2)14-10-21;;/h3-5,15-19,21H,6-14H2,1-2H3,(H,34,37)(H,31,32,33);2*1H. The molecule has 2 aromatic heterocycles. The summed E-state index contributed by atoms with van der Waals surface area (Å²) in [4.78, 5) is 31.4. The van der Waals surface area contributed by atoms with Gasteiger partial charge >= 0.3 is 0 Å². The van der Waals surface area contributed by atoms with Gasteiger partial charge in [0.2, 0.25) is 5.91 Å². The molecule has 1 aromatic carbocycles. The fraction of sp³-hybridized carbons (Fsp3) is 0.448. The molecule has 0 spiro atoms. The molecule has 3 aliphatic rings. The lowest BCUT2D eigenvalue weighted by Gasteiger charge is -2.30. The Labute approximate surface area is 221 Å². The topological polar surface area (TPSA) is 86.3 Å². The number of carbonyl (C=O) groups is 1. The van der Waals surface area contributed by atoms with Crippen molar-refractivity contribution in [3.05, 3.63) is 59.7 Å². The lowest BCUT2D eigenvalue weighted by atomic mass is 9.96. The third-order valence-corrected chi connectivity index (χ3v) is 8.12. The largest absolute Gasteiger partial charge is 0.367 e. The number of amides is 1. The number of hydrogen-bond acceptors (Lipinski definition) is 7. The summed E-state index contributed by atoms with van der Waals surface area (Å²) >= 11 is 0. The monoisotopic (exact) mass is 501 g/mol. The number of aromatic nitrogens is 3. The number of rotatable bonds is 5. The van der Waals surface area contributed by atoms with Crippen LogP contribution >= 0.6 is 0 Å². The van der Waals surface area contributed by atoms with Crippen LogP contribution in [0.15, 0.2) is 42.9 Å². The van der Waals surface area contributed by atoms with Crippen molar-refractivity contribution >= 4 is 33.9 Å². The summed E-state index contributed by atoms with van der Waals surface area (Å²) in [5, 5.41) is 7.86. The van der Waals surface area contributed by atoms with Crippen LogP contribution in [0.3, 0.4) is 0 Å². The second-order valence-electron chi connectivity index (χ2n) is 10.8. The number of likely N-dealkylation sites (tertiary alicyclic amines) is 2. The van der Waals surface area contributed by atoms with E-state index < -0.39 is 0 Å². The summed E-state index contributed by atoms with van der Waals surface area (Å²) < 4.78 is 0.